The molecule has 138 valence electrons. The summed E-state index contributed by atoms with van der Waals surface area (Å²) < 4.78 is 6.57. The van der Waals surface area contributed by atoms with Crippen molar-refractivity contribution in [1.29, 1.82) is 0 Å². The van der Waals surface area contributed by atoms with Crippen LogP contribution in [-0.2, 0) is 4.79 Å². The Bertz CT molecular complexity index is 918. The van der Waals surface area contributed by atoms with Crippen LogP contribution < -0.4 is 10.1 Å². The number of hydrogen-bond donors (Lipinski definition) is 1. The van der Waals surface area contributed by atoms with Crippen LogP contribution in [0.15, 0.2) is 64.5 Å². The summed E-state index contributed by atoms with van der Waals surface area (Å²) in [4.78, 5) is 16.6. The van der Waals surface area contributed by atoms with Crippen LogP contribution in [0.2, 0.25) is 0 Å². The average molecular weight is 443 g/mol. The molecule has 0 saturated carbocycles. The lowest BCUT2D eigenvalue weighted by atomic mass is 10.2. The second-order valence-corrected chi connectivity index (χ2v) is 7.56. The Morgan fingerprint density at radius 3 is 2.63 bits per heavy atom. The van der Waals surface area contributed by atoms with E-state index in [1.165, 1.54) is 17.4 Å². The third kappa shape index (κ3) is 5.77. The highest BCUT2D eigenvalue weighted by Gasteiger charge is 2.06. The normalized spacial score (nSPS) is 10.9. The molecule has 0 atom stereocenters. The molecule has 27 heavy (non-hydrogen) atoms. The first-order valence-corrected chi connectivity index (χ1v) is 10.2. The van der Waals surface area contributed by atoms with E-state index in [0.29, 0.717) is 11.7 Å². The van der Waals surface area contributed by atoms with Crippen molar-refractivity contribution in [2.24, 2.45) is 0 Å². The molecule has 0 bridgehead atoms. The number of nitrogens with zero attached hydrogens (tertiary/aromatic N) is 1. The van der Waals surface area contributed by atoms with E-state index in [0.717, 1.165) is 33.5 Å². The van der Waals surface area contributed by atoms with Crippen molar-refractivity contribution in [3.63, 3.8) is 0 Å². The van der Waals surface area contributed by atoms with Crippen molar-refractivity contribution in [3.05, 3.63) is 70.0 Å². The number of carbonyl (C=O) groups excluding carboxylic acids is 1. The highest BCUT2D eigenvalue weighted by molar-refractivity contribution is 9.10. The highest BCUT2D eigenvalue weighted by atomic mass is 79.9. The van der Waals surface area contributed by atoms with Crippen molar-refractivity contribution in [2.75, 3.05) is 11.9 Å². The molecule has 1 amide bonds. The van der Waals surface area contributed by atoms with Gasteiger partial charge in [-0.1, -0.05) is 47.1 Å². The second kappa shape index (κ2) is 9.48. The minimum Gasteiger partial charge on any atom is -0.494 e. The number of amides is 1. The van der Waals surface area contributed by atoms with Crippen molar-refractivity contribution < 1.29 is 9.53 Å². The van der Waals surface area contributed by atoms with Gasteiger partial charge in [-0.3, -0.25) is 10.1 Å². The number of halogens is 1. The second-order valence-electron chi connectivity index (χ2n) is 5.78. The molecule has 0 aliphatic rings. The zero-order valence-corrected chi connectivity index (χ0v) is 17.2. The Labute approximate surface area is 171 Å². The molecule has 6 heteroatoms. The molecule has 2 aromatic carbocycles. The van der Waals surface area contributed by atoms with Gasteiger partial charge in [0.1, 0.15) is 5.75 Å². The number of thiazole rings is 1. The Hall–Kier alpha value is -2.44. The molecule has 0 aliphatic carbocycles. The molecule has 0 spiro atoms. The monoisotopic (exact) mass is 442 g/mol. The number of carbonyl (C=O) groups is 1. The zero-order valence-electron chi connectivity index (χ0n) is 14.8. The van der Waals surface area contributed by atoms with Crippen LogP contribution in [0.5, 0.6) is 5.75 Å². The Morgan fingerprint density at radius 2 is 1.93 bits per heavy atom. The largest absolute Gasteiger partial charge is 0.494 e. The maximum Gasteiger partial charge on any atom is 0.250 e. The van der Waals surface area contributed by atoms with Gasteiger partial charge in [0, 0.05) is 21.5 Å². The first kappa shape index (κ1) is 19.3. The summed E-state index contributed by atoms with van der Waals surface area (Å²) in [7, 11) is 0. The number of hydrogen-bond acceptors (Lipinski definition) is 4. The standard InChI is InChI=1S/C21H19BrN2O2S/c1-2-13-26-18-10-3-15(4-11-18)5-12-20(25)24-21-23-19(14-27-21)16-6-8-17(22)9-7-16/h3-12,14H,2,13H2,1H3,(H,23,24,25). The van der Waals surface area contributed by atoms with Crippen molar-refractivity contribution in [2.45, 2.75) is 13.3 Å². The van der Waals surface area contributed by atoms with Gasteiger partial charge in [-0.25, -0.2) is 4.98 Å². The lowest BCUT2D eigenvalue weighted by Gasteiger charge is -2.04. The van der Waals surface area contributed by atoms with Crippen molar-refractivity contribution >= 4 is 44.4 Å². The third-order valence-electron chi connectivity index (χ3n) is 3.65. The molecule has 0 radical (unpaired) electrons. The first-order chi connectivity index (χ1) is 13.1. The van der Waals surface area contributed by atoms with Crippen LogP contribution in [0.1, 0.15) is 18.9 Å². The Balaban J connectivity index is 1.57. The van der Waals surface area contributed by atoms with Gasteiger partial charge in [0.05, 0.1) is 12.3 Å². The Kier molecular flexibility index (Phi) is 6.79. The van der Waals surface area contributed by atoms with Crippen LogP contribution in [0, 0.1) is 0 Å². The predicted octanol–water partition coefficient (Wildman–Crippen LogP) is 6.01. The maximum atomic E-state index is 12.1. The molecule has 3 rings (SSSR count). The van der Waals surface area contributed by atoms with Gasteiger partial charge in [-0.05, 0) is 42.3 Å². The van der Waals surface area contributed by atoms with Crippen LogP contribution in [0.4, 0.5) is 5.13 Å². The maximum absolute atomic E-state index is 12.1. The lowest BCUT2D eigenvalue weighted by molar-refractivity contribution is -0.111. The van der Waals surface area contributed by atoms with Crippen LogP contribution in [0.25, 0.3) is 17.3 Å². The van der Waals surface area contributed by atoms with E-state index >= 15 is 0 Å². The fourth-order valence-corrected chi connectivity index (χ4v) is 3.29. The van der Waals surface area contributed by atoms with Gasteiger partial charge < -0.3 is 4.74 Å². The quantitative estimate of drug-likeness (QED) is 0.455. The molecule has 3 aromatic rings. The molecular weight excluding hydrogens is 424 g/mol. The van der Waals surface area contributed by atoms with E-state index in [-0.39, 0.29) is 5.91 Å². The number of ether oxygens (including phenoxy) is 1. The van der Waals surface area contributed by atoms with Crippen molar-refractivity contribution in [3.8, 4) is 17.0 Å². The molecule has 1 N–H and O–H groups in total. The van der Waals surface area contributed by atoms with E-state index in [1.807, 2.05) is 53.9 Å². The summed E-state index contributed by atoms with van der Waals surface area (Å²) in [5.74, 6) is 0.625. The van der Waals surface area contributed by atoms with E-state index in [1.54, 1.807) is 6.08 Å². The van der Waals surface area contributed by atoms with Gasteiger partial charge in [-0.2, -0.15) is 0 Å². The molecule has 1 heterocycles. The summed E-state index contributed by atoms with van der Waals surface area (Å²) in [6.07, 6.45) is 4.24. The Morgan fingerprint density at radius 1 is 1.19 bits per heavy atom. The first-order valence-electron chi connectivity index (χ1n) is 8.57. The summed E-state index contributed by atoms with van der Waals surface area (Å²) in [6, 6.07) is 15.5. The van der Waals surface area contributed by atoms with Gasteiger partial charge in [-0.15, -0.1) is 11.3 Å². The summed E-state index contributed by atoms with van der Waals surface area (Å²) >= 11 is 4.82. The summed E-state index contributed by atoms with van der Waals surface area (Å²) in [6.45, 7) is 2.77. The van der Waals surface area contributed by atoms with E-state index in [9.17, 15) is 4.79 Å². The van der Waals surface area contributed by atoms with Gasteiger partial charge >= 0.3 is 0 Å². The van der Waals surface area contributed by atoms with Crippen LogP contribution >= 0.6 is 27.3 Å². The average Bonchev–Trinajstić information content (AvgIpc) is 3.14. The minimum atomic E-state index is -0.210. The van der Waals surface area contributed by atoms with Crippen LogP contribution in [0.3, 0.4) is 0 Å². The van der Waals surface area contributed by atoms with E-state index < -0.39 is 0 Å². The minimum absolute atomic E-state index is 0.210. The molecule has 0 unspecified atom stereocenters. The molecule has 0 aliphatic heterocycles. The molecule has 4 nitrogen and oxygen atoms in total. The molecular formula is C21H19BrN2O2S. The summed E-state index contributed by atoms with van der Waals surface area (Å²) in [5, 5.41) is 5.30. The van der Waals surface area contributed by atoms with Gasteiger partial charge in [0.15, 0.2) is 5.13 Å². The van der Waals surface area contributed by atoms with Gasteiger partial charge in [0.2, 0.25) is 5.91 Å². The third-order valence-corrected chi connectivity index (χ3v) is 4.94. The lowest BCUT2D eigenvalue weighted by Crippen LogP contribution is -2.07. The van der Waals surface area contributed by atoms with Crippen molar-refractivity contribution in [1.82, 2.24) is 4.98 Å². The zero-order chi connectivity index (χ0) is 19.1. The molecule has 0 fully saturated rings. The molecule has 0 saturated heterocycles. The predicted molar refractivity (Wildman–Crippen MR) is 115 cm³/mol. The van der Waals surface area contributed by atoms with Gasteiger partial charge in [0.25, 0.3) is 0 Å². The number of benzene rings is 2. The molecule has 1 aromatic heterocycles. The number of nitrogens with one attached hydrogen (secondary N) is 1. The van der Waals surface area contributed by atoms with E-state index in [2.05, 4.69) is 33.2 Å². The fraction of sp³-hybridized carbons (Fsp3) is 0.143. The summed E-state index contributed by atoms with van der Waals surface area (Å²) in [5.41, 5.74) is 2.79. The topological polar surface area (TPSA) is 51.2 Å². The number of rotatable bonds is 7. The number of aromatic nitrogens is 1. The number of anilines is 1. The smallest absolute Gasteiger partial charge is 0.250 e. The SMILES string of the molecule is CCCOc1ccc(C=CC(=O)Nc2nc(-c3ccc(Br)cc3)cs2)cc1. The highest BCUT2D eigenvalue weighted by Crippen LogP contribution is 2.26. The van der Waals surface area contributed by atoms with E-state index in [4.69, 9.17) is 4.74 Å². The van der Waals surface area contributed by atoms with Crippen LogP contribution in [-0.4, -0.2) is 17.5 Å². The fourth-order valence-electron chi connectivity index (χ4n) is 2.30.